The van der Waals surface area contributed by atoms with E-state index in [2.05, 4.69) is 39.0 Å². The second-order valence-electron chi connectivity index (χ2n) is 6.59. The van der Waals surface area contributed by atoms with Crippen molar-refractivity contribution in [2.45, 2.75) is 58.3 Å². The van der Waals surface area contributed by atoms with Crippen LogP contribution < -0.4 is 0 Å². The van der Waals surface area contributed by atoms with Crippen molar-refractivity contribution in [3.8, 4) is 0 Å². The summed E-state index contributed by atoms with van der Waals surface area (Å²) >= 11 is 0. The quantitative estimate of drug-likeness (QED) is 0.607. The van der Waals surface area contributed by atoms with E-state index in [9.17, 15) is 0 Å². The third kappa shape index (κ3) is 1.64. The SMILES string of the molecule is Cc1ccc2c(c1)CCC1C(C)CCCC21C. The van der Waals surface area contributed by atoms with Gasteiger partial charge in [-0.1, -0.05) is 50.5 Å². The Kier molecular flexibility index (Phi) is 2.57. The molecule has 92 valence electrons. The normalized spacial score (nSPS) is 36.2. The van der Waals surface area contributed by atoms with Crippen molar-refractivity contribution >= 4 is 0 Å². The predicted octanol–water partition coefficient (Wildman–Crippen LogP) is 4.64. The molecule has 0 heterocycles. The van der Waals surface area contributed by atoms with Crippen molar-refractivity contribution in [1.29, 1.82) is 0 Å². The summed E-state index contributed by atoms with van der Waals surface area (Å²) in [7, 11) is 0. The van der Waals surface area contributed by atoms with E-state index in [0.717, 1.165) is 11.8 Å². The van der Waals surface area contributed by atoms with Crippen molar-refractivity contribution in [3.05, 3.63) is 34.9 Å². The van der Waals surface area contributed by atoms with Gasteiger partial charge in [-0.15, -0.1) is 0 Å². The summed E-state index contributed by atoms with van der Waals surface area (Å²) in [6.45, 7) is 7.22. The van der Waals surface area contributed by atoms with Gasteiger partial charge in [0.15, 0.2) is 0 Å². The van der Waals surface area contributed by atoms with Crippen LogP contribution in [0.25, 0.3) is 0 Å². The molecule has 2 aliphatic rings. The van der Waals surface area contributed by atoms with Crippen LogP contribution >= 0.6 is 0 Å². The molecule has 0 saturated heterocycles. The summed E-state index contributed by atoms with van der Waals surface area (Å²) < 4.78 is 0. The zero-order valence-corrected chi connectivity index (χ0v) is 11.4. The monoisotopic (exact) mass is 228 g/mol. The number of benzene rings is 1. The Labute approximate surface area is 105 Å². The van der Waals surface area contributed by atoms with Crippen LogP contribution in [0.3, 0.4) is 0 Å². The summed E-state index contributed by atoms with van der Waals surface area (Å²) in [6, 6.07) is 7.16. The molecular weight excluding hydrogens is 204 g/mol. The van der Waals surface area contributed by atoms with Crippen LogP contribution in [0, 0.1) is 18.8 Å². The molecule has 3 unspecified atom stereocenters. The molecule has 17 heavy (non-hydrogen) atoms. The number of fused-ring (bicyclic) bond motifs is 3. The molecule has 0 bridgehead atoms. The molecule has 1 aromatic carbocycles. The Morgan fingerprint density at radius 3 is 2.88 bits per heavy atom. The molecule has 0 aliphatic heterocycles. The maximum absolute atomic E-state index is 2.53. The molecule has 1 fully saturated rings. The fraction of sp³-hybridized carbons (Fsp3) is 0.647. The number of hydrogen-bond donors (Lipinski definition) is 0. The second kappa shape index (κ2) is 3.86. The molecule has 1 saturated carbocycles. The van der Waals surface area contributed by atoms with E-state index in [1.807, 2.05) is 0 Å². The first-order valence-electron chi connectivity index (χ1n) is 7.21. The maximum atomic E-state index is 2.53. The minimum atomic E-state index is 0.471. The smallest absolute Gasteiger partial charge is 0.00417 e. The zero-order valence-electron chi connectivity index (χ0n) is 11.4. The Balaban J connectivity index is 2.09. The molecule has 0 aromatic heterocycles. The van der Waals surface area contributed by atoms with Crippen molar-refractivity contribution in [3.63, 3.8) is 0 Å². The minimum absolute atomic E-state index is 0.471. The molecule has 0 spiro atoms. The predicted molar refractivity (Wildman–Crippen MR) is 73.4 cm³/mol. The highest BCUT2D eigenvalue weighted by molar-refractivity contribution is 5.40. The van der Waals surface area contributed by atoms with Crippen LogP contribution in [0.1, 0.15) is 56.2 Å². The summed E-state index contributed by atoms with van der Waals surface area (Å²) in [6.07, 6.45) is 6.98. The molecule has 3 rings (SSSR count). The van der Waals surface area contributed by atoms with Gasteiger partial charge in [-0.3, -0.25) is 0 Å². The first-order chi connectivity index (χ1) is 8.11. The van der Waals surface area contributed by atoms with Crippen LogP contribution in [0.5, 0.6) is 0 Å². The fourth-order valence-electron chi connectivity index (χ4n) is 4.54. The Morgan fingerprint density at radius 2 is 2.06 bits per heavy atom. The Hall–Kier alpha value is -0.780. The lowest BCUT2D eigenvalue weighted by atomic mass is 9.55. The van der Waals surface area contributed by atoms with Gasteiger partial charge in [-0.05, 0) is 54.6 Å². The van der Waals surface area contributed by atoms with E-state index < -0.39 is 0 Å². The second-order valence-corrected chi connectivity index (χ2v) is 6.59. The molecule has 0 amide bonds. The molecule has 0 N–H and O–H groups in total. The highest BCUT2D eigenvalue weighted by atomic mass is 14.5. The Morgan fingerprint density at radius 1 is 1.24 bits per heavy atom. The van der Waals surface area contributed by atoms with Gasteiger partial charge in [0, 0.05) is 0 Å². The van der Waals surface area contributed by atoms with Crippen LogP contribution in [-0.2, 0) is 11.8 Å². The summed E-state index contributed by atoms with van der Waals surface area (Å²) in [5.41, 5.74) is 5.21. The van der Waals surface area contributed by atoms with Crippen molar-refractivity contribution in [2.75, 3.05) is 0 Å². The van der Waals surface area contributed by atoms with E-state index in [-0.39, 0.29) is 0 Å². The minimum Gasteiger partial charge on any atom is -0.0622 e. The van der Waals surface area contributed by atoms with Crippen LogP contribution in [-0.4, -0.2) is 0 Å². The van der Waals surface area contributed by atoms with E-state index in [4.69, 9.17) is 0 Å². The molecule has 0 radical (unpaired) electrons. The third-order valence-corrected chi connectivity index (χ3v) is 5.46. The summed E-state index contributed by atoms with van der Waals surface area (Å²) in [5.74, 6) is 1.84. The van der Waals surface area contributed by atoms with Gasteiger partial charge in [0.2, 0.25) is 0 Å². The van der Waals surface area contributed by atoms with Crippen molar-refractivity contribution < 1.29 is 0 Å². The van der Waals surface area contributed by atoms with E-state index in [1.165, 1.54) is 37.7 Å². The van der Waals surface area contributed by atoms with Gasteiger partial charge < -0.3 is 0 Å². The highest BCUT2D eigenvalue weighted by Gasteiger charge is 2.44. The van der Waals surface area contributed by atoms with Gasteiger partial charge in [0.25, 0.3) is 0 Å². The fourth-order valence-corrected chi connectivity index (χ4v) is 4.54. The van der Waals surface area contributed by atoms with Gasteiger partial charge in [0.1, 0.15) is 0 Å². The number of hydrogen-bond acceptors (Lipinski definition) is 0. The highest BCUT2D eigenvalue weighted by Crippen LogP contribution is 2.51. The number of rotatable bonds is 0. The zero-order chi connectivity index (χ0) is 12.0. The average molecular weight is 228 g/mol. The molecule has 0 heteroatoms. The van der Waals surface area contributed by atoms with Crippen molar-refractivity contribution in [1.82, 2.24) is 0 Å². The summed E-state index contributed by atoms with van der Waals surface area (Å²) in [4.78, 5) is 0. The summed E-state index contributed by atoms with van der Waals surface area (Å²) in [5, 5.41) is 0. The standard InChI is InChI=1S/C17H24/c1-12-6-8-16-14(11-12)7-9-15-13(2)5-4-10-17(15,16)3/h6,8,11,13,15H,4-5,7,9-10H2,1-3H3. The van der Waals surface area contributed by atoms with E-state index >= 15 is 0 Å². The molecule has 0 nitrogen and oxygen atoms in total. The number of aryl methyl sites for hydroxylation is 2. The van der Waals surface area contributed by atoms with Crippen LogP contribution in [0.4, 0.5) is 0 Å². The first-order valence-corrected chi connectivity index (χ1v) is 7.21. The van der Waals surface area contributed by atoms with E-state index in [1.54, 1.807) is 11.1 Å². The van der Waals surface area contributed by atoms with Gasteiger partial charge in [0.05, 0.1) is 0 Å². The molecule has 3 atom stereocenters. The first kappa shape index (κ1) is 11.3. The van der Waals surface area contributed by atoms with Gasteiger partial charge in [-0.2, -0.15) is 0 Å². The lowest BCUT2D eigenvalue weighted by Crippen LogP contribution is -2.43. The molecule has 1 aromatic rings. The van der Waals surface area contributed by atoms with Crippen LogP contribution in [0.15, 0.2) is 18.2 Å². The molecule has 2 aliphatic carbocycles. The van der Waals surface area contributed by atoms with Crippen LogP contribution in [0.2, 0.25) is 0 Å². The lowest BCUT2D eigenvalue weighted by Gasteiger charge is -2.49. The third-order valence-electron chi connectivity index (χ3n) is 5.46. The lowest BCUT2D eigenvalue weighted by molar-refractivity contribution is 0.118. The Bertz CT molecular complexity index is 432. The topological polar surface area (TPSA) is 0 Å². The average Bonchev–Trinajstić information content (AvgIpc) is 2.28. The van der Waals surface area contributed by atoms with Gasteiger partial charge in [-0.25, -0.2) is 0 Å². The van der Waals surface area contributed by atoms with Crippen molar-refractivity contribution in [2.24, 2.45) is 11.8 Å². The largest absolute Gasteiger partial charge is 0.0622 e. The van der Waals surface area contributed by atoms with E-state index in [0.29, 0.717) is 5.41 Å². The maximum Gasteiger partial charge on any atom is -0.00417 e. The van der Waals surface area contributed by atoms with Gasteiger partial charge >= 0.3 is 0 Å². The molecular formula is C17H24.